The number of piperidine rings is 1. The van der Waals surface area contributed by atoms with E-state index in [1.165, 1.54) is 0 Å². The first-order valence-corrected chi connectivity index (χ1v) is 7.02. The fourth-order valence-corrected chi connectivity index (χ4v) is 2.33. The Hall–Kier alpha value is -1.75. The summed E-state index contributed by atoms with van der Waals surface area (Å²) in [5.41, 5.74) is 6.85. The van der Waals surface area contributed by atoms with Crippen LogP contribution in [0.3, 0.4) is 0 Å². The molecule has 1 aromatic rings. The molecule has 2 rings (SSSR count). The summed E-state index contributed by atoms with van der Waals surface area (Å²) >= 11 is 0. The number of nitrogen functional groups attached to an aromatic ring is 1. The van der Waals surface area contributed by atoms with E-state index >= 15 is 0 Å². The highest BCUT2D eigenvalue weighted by molar-refractivity contribution is 5.94. The number of anilines is 1. The highest BCUT2D eigenvalue weighted by Gasteiger charge is 2.22. The van der Waals surface area contributed by atoms with E-state index in [2.05, 4.69) is 11.9 Å². The molecule has 20 heavy (non-hydrogen) atoms. The van der Waals surface area contributed by atoms with Gasteiger partial charge >= 0.3 is 5.97 Å². The van der Waals surface area contributed by atoms with Crippen molar-refractivity contribution in [3.05, 3.63) is 23.8 Å². The molecule has 0 atom stereocenters. The van der Waals surface area contributed by atoms with Crippen molar-refractivity contribution in [3.8, 4) is 5.75 Å². The molecule has 1 saturated heterocycles. The summed E-state index contributed by atoms with van der Waals surface area (Å²) in [5, 5.41) is 0. The Morgan fingerprint density at radius 3 is 2.75 bits per heavy atom. The van der Waals surface area contributed by atoms with Gasteiger partial charge in [0.2, 0.25) is 0 Å². The molecule has 0 amide bonds. The van der Waals surface area contributed by atoms with Crippen LogP contribution in [0.4, 0.5) is 5.69 Å². The summed E-state index contributed by atoms with van der Waals surface area (Å²) < 4.78 is 11.0. The van der Waals surface area contributed by atoms with E-state index in [-0.39, 0.29) is 12.1 Å². The average Bonchev–Trinajstić information content (AvgIpc) is 2.43. The zero-order chi connectivity index (χ0) is 14.5. The van der Waals surface area contributed by atoms with E-state index in [4.69, 9.17) is 15.2 Å². The Morgan fingerprint density at radius 1 is 1.40 bits per heavy atom. The summed E-state index contributed by atoms with van der Waals surface area (Å²) in [5.74, 6) is 0.0724. The smallest absolute Gasteiger partial charge is 0.341 e. The van der Waals surface area contributed by atoms with Gasteiger partial charge in [-0.05, 0) is 38.9 Å². The maximum Gasteiger partial charge on any atom is 0.341 e. The van der Waals surface area contributed by atoms with Crippen LogP contribution in [-0.2, 0) is 4.74 Å². The highest BCUT2D eigenvalue weighted by atomic mass is 16.5. The molecular weight excluding hydrogens is 256 g/mol. The molecule has 0 aliphatic carbocycles. The predicted octanol–water partition coefficient (Wildman–Crippen LogP) is 1.92. The highest BCUT2D eigenvalue weighted by Crippen LogP contribution is 2.30. The van der Waals surface area contributed by atoms with Crippen LogP contribution >= 0.6 is 0 Å². The van der Waals surface area contributed by atoms with E-state index in [0.29, 0.717) is 23.6 Å². The molecule has 5 heteroatoms. The van der Waals surface area contributed by atoms with Crippen molar-refractivity contribution in [1.82, 2.24) is 4.90 Å². The summed E-state index contributed by atoms with van der Waals surface area (Å²) in [6.45, 7) is 4.10. The zero-order valence-electron chi connectivity index (χ0n) is 12.1. The van der Waals surface area contributed by atoms with Crippen LogP contribution in [-0.4, -0.2) is 43.7 Å². The topological polar surface area (TPSA) is 64.8 Å². The Kier molecular flexibility index (Phi) is 4.84. The van der Waals surface area contributed by atoms with E-state index in [0.717, 1.165) is 25.9 Å². The lowest BCUT2D eigenvalue weighted by molar-refractivity contribution is 0.0514. The number of para-hydroxylation sites is 1. The van der Waals surface area contributed by atoms with Crippen LogP contribution in [0.15, 0.2) is 18.2 Å². The standard InChI is InChI=1S/C15H22N2O3/c1-3-19-15(18)12-5-4-6-13(16)14(12)20-11-7-9-17(2)10-8-11/h4-6,11H,3,7-10,16H2,1-2H3. The van der Waals surface area contributed by atoms with Gasteiger partial charge in [-0.15, -0.1) is 0 Å². The second-order valence-corrected chi connectivity index (χ2v) is 5.06. The Labute approximate surface area is 119 Å². The predicted molar refractivity (Wildman–Crippen MR) is 78.0 cm³/mol. The fourth-order valence-electron chi connectivity index (χ4n) is 2.33. The van der Waals surface area contributed by atoms with E-state index in [9.17, 15) is 4.79 Å². The zero-order valence-corrected chi connectivity index (χ0v) is 12.1. The number of likely N-dealkylation sites (tertiary alicyclic amines) is 1. The fraction of sp³-hybridized carbons (Fsp3) is 0.533. The molecule has 1 fully saturated rings. The summed E-state index contributed by atoms with van der Waals surface area (Å²) in [7, 11) is 2.09. The molecule has 2 N–H and O–H groups in total. The molecule has 1 aliphatic rings. The Balaban J connectivity index is 2.15. The molecule has 1 aromatic carbocycles. The van der Waals surface area contributed by atoms with Gasteiger partial charge in [0.25, 0.3) is 0 Å². The second kappa shape index (κ2) is 6.61. The molecule has 0 aromatic heterocycles. The molecular formula is C15H22N2O3. The number of benzene rings is 1. The van der Waals surface area contributed by atoms with Crippen molar-refractivity contribution in [2.45, 2.75) is 25.9 Å². The average molecular weight is 278 g/mol. The van der Waals surface area contributed by atoms with Crippen LogP contribution in [0, 0.1) is 0 Å². The maximum atomic E-state index is 11.9. The molecule has 0 bridgehead atoms. The van der Waals surface area contributed by atoms with Gasteiger partial charge in [-0.3, -0.25) is 0 Å². The number of ether oxygens (including phenoxy) is 2. The van der Waals surface area contributed by atoms with Crippen molar-refractivity contribution < 1.29 is 14.3 Å². The third-order valence-corrected chi connectivity index (χ3v) is 3.49. The Morgan fingerprint density at radius 2 is 2.10 bits per heavy atom. The number of hydrogen-bond donors (Lipinski definition) is 1. The van der Waals surface area contributed by atoms with Gasteiger partial charge in [0.05, 0.1) is 12.3 Å². The van der Waals surface area contributed by atoms with Crippen LogP contribution < -0.4 is 10.5 Å². The molecule has 110 valence electrons. The minimum atomic E-state index is -0.386. The first kappa shape index (κ1) is 14.7. The second-order valence-electron chi connectivity index (χ2n) is 5.06. The van der Waals surface area contributed by atoms with Gasteiger partial charge in [-0.25, -0.2) is 4.79 Å². The number of nitrogens with two attached hydrogens (primary N) is 1. The van der Waals surface area contributed by atoms with Crippen LogP contribution in [0.5, 0.6) is 5.75 Å². The third kappa shape index (κ3) is 3.42. The number of esters is 1. The normalized spacial score (nSPS) is 16.9. The number of nitrogens with zero attached hydrogens (tertiary/aromatic N) is 1. The quantitative estimate of drug-likeness (QED) is 0.673. The van der Waals surface area contributed by atoms with Crippen molar-refractivity contribution >= 4 is 11.7 Å². The van der Waals surface area contributed by atoms with E-state index in [1.54, 1.807) is 25.1 Å². The third-order valence-electron chi connectivity index (χ3n) is 3.49. The molecule has 5 nitrogen and oxygen atoms in total. The van der Waals surface area contributed by atoms with Gasteiger partial charge in [0.15, 0.2) is 5.75 Å². The van der Waals surface area contributed by atoms with Gasteiger partial charge in [0, 0.05) is 13.1 Å². The molecule has 0 spiro atoms. The minimum Gasteiger partial charge on any atom is -0.487 e. The van der Waals surface area contributed by atoms with Crippen LogP contribution in [0.2, 0.25) is 0 Å². The molecule has 1 aliphatic heterocycles. The molecule has 0 saturated carbocycles. The monoisotopic (exact) mass is 278 g/mol. The van der Waals surface area contributed by atoms with Crippen molar-refractivity contribution in [2.24, 2.45) is 0 Å². The summed E-state index contributed by atoms with van der Waals surface area (Å²) in [6.07, 6.45) is 1.98. The van der Waals surface area contributed by atoms with Crippen molar-refractivity contribution in [2.75, 3.05) is 32.5 Å². The van der Waals surface area contributed by atoms with Gasteiger partial charge in [0.1, 0.15) is 11.7 Å². The summed E-state index contributed by atoms with van der Waals surface area (Å²) in [4.78, 5) is 14.2. The first-order valence-electron chi connectivity index (χ1n) is 7.02. The van der Waals surface area contributed by atoms with E-state index < -0.39 is 0 Å². The van der Waals surface area contributed by atoms with Crippen LogP contribution in [0.25, 0.3) is 0 Å². The Bertz CT molecular complexity index is 468. The number of rotatable bonds is 4. The molecule has 0 unspecified atom stereocenters. The molecule has 1 heterocycles. The van der Waals surface area contributed by atoms with Crippen LogP contribution in [0.1, 0.15) is 30.1 Å². The van der Waals surface area contributed by atoms with Crippen molar-refractivity contribution in [3.63, 3.8) is 0 Å². The van der Waals surface area contributed by atoms with Gasteiger partial charge in [-0.1, -0.05) is 6.07 Å². The number of carbonyl (C=O) groups is 1. The largest absolute Gasteiger partial charge is 0.487 e. The summed E-state index contributed by atoms with van der Waals surface area (Å²) in [6, 6.07) is 5.18. The lowest BCUT2D eigenvalue weighted by Gasteiger charge is -2.30. The number of carbonyl (C=O) groups excluding carboxylic acids is 1. The first-order chi connectivity index (χ1) is 9.61. The maximum absolute atomic E-state index is 11.9. The van der Waals surface area contributed by atoms with Crippen molar-refractivity contribution in [1.29, 1.82) is 0 Å². The number of hydrogen-bond acceptors (Lipinski definition) is 5. The lowest BCUT2D eigenvalue weighted by atomic mass is 10.1. The van der Waals surface area contributed by atoms with Gasteiger partial charge < -0.3 is 20.1 Å². The SMILES string of the molecule is CCOC(=O)c1cccc(N)c1OC1CCN(C)CC1. The minimum absolute atomic E-state index is 0.101. The van der Waals surface area contributed by atoms with Gasteiger partial charge in [-0.2, -0.15) is 0 Å². The molecule has 0 radical (unpaired) electrons. The van der Waals surface area contributed by atoms with E-state index in [1.807, 2.05) is 0 Å². The lowest BCUT2D eigenvalue weighted by Crippen LogP contribution is -2.36.